The topological polar surface area (TPSA) is 50.7 Å². The second kappa shape index (κ2) is 3.42. The predicted molar refractivity (Wildman–Crippen MR) is 40.1 cm³/mol. The Kier molecular flexibility index (Phi) is 2.50. The lowest BCUT2D eigenvalue weighted by Crippen LogP contribution is -2.03. The highest BCUT2D eigenvalue weighted by Crippen LogP contribution is 2.30. The van der Waals surface area contributed by atoms with Crippen LogP contribution in [0.3, 0.4) is 0 Å². The molecule has 0 saturated carbocycles. The molecule has 0 spiro atoms. The fourth-order valence-corrected chi connectivity index (χ4v) is 0.784. The van der Waals surface area contributed by atoms with Gasteiger partial charge in [0.25, 0.3) is 0 Å². The molecule has 0 atom stereocenters. The van der Waals surface area contributed by atoms with Crippen molar-refractivity contribution in [2.24, 2.45) is 16.2 Å². The first kappa shape index (κ1) is 9.50. The summed E-state index contributed by atoms with van der Waals surface area (Å²) in [5.41, 5.74) is -0.432. The van der Waals surface area contributed by atoms with Crippen molar-refractivity contribution in [3.05, 3.63) is 29.8 Å². The molecule has 0 amide bonds. The van der Waals surface area contributed by atoms with Gasteiger partial charge in [-0.15, -0.1) is 5.11 Å². The molecule has 1 aromatic rings. The van der Waals surface area contributed by atoms with Crippen LogP contribution in [0.25, 0.3) is 0 Å². The van der Waals surface area contributed by atoms with Crippen molar-refractivity contribution < 1.29 is 13.2 Å². The lowest BCUT2D eigenvalue weighted by atomic mass is 10.2. The Labute approximate surface area is 72.0 Å². The quantitative estimate of drug-likeness (QED) is 0.412. The third-order valence-electron chi connectivity index (χ3n) is 1.37. The summed E-state index contributed by atoms with van der Waals surface area (Å²) in [6.07, 6.45) is -4.32. The van der Waals surface area contributed by atoms with Gasteiger partial charge in [0.2, 0.25) is 0 Å². The van der Waals surface area contributed by atoms with Gasteiger partial charge in [-0.3, -0.25) is 0 Å². The molecule has 0 aliphatic carbocycles. The zero-order valence-electron chi connectivity index (χ0n) is 6.42. The number of halogens is 3. The van der Waals surface area contributed by atoms with Crippen molar-refractivity contribution in [2.45, 2.75) is 6.18 Å². The SMILES string of the molecule is NN=Nc1ccc(C(F)(F)F)cc1. The average molecular weight is 189 g/mol. The normalized spacial score (nSPS) is 12.2. The van der Waals surface area contributed by atoms with Crippen LogP contribution in [0.2, 0.25) is 0 Å². The van der Waals surface area contributed by atoms with Gasteiger partial charge in [-0.25, -0.2) is 0 Å². The summed E-state index contributed by atoms with van der Waals surface area (Å²) in [4.78, 5) is 0. The zero-order valence-corrected chi connectivity index (χ0v) is 6.42. The van der Waals surface area contributed by atoms with Crippen molar-refractivity contribution in [3.63, 3.8) is 0 Å². The Balaban J connectivity index is 2.94. The van der Waals surface area contributed by atoms with Crippen molar-refractivity contribution >= 4 is 5.69 Å². The number of nitrogens with zero attached hydrogens (tertiary/aromatic N) is 2. The molecule has 70 valence electrons. The summed E-state index contributed by atoms with van der Waals surface area (Å²) >= 11 is 0. The van der Waals surface area contributed by atoms with E-state index in [1.54, 1.807) is 0 Å². The molecule has 1 rings (SSSR count). The van der Waals surface area contributed by atoms with E-state index in [9.17, 15) is 13.2 Å². The van der Waals surface area contributed by atoms with Crippen LogP contribution < -0.4 is 5.84 Å². The van der Waals surface area contributed by atoms with E-state index in [4.69, 9.17) is 5.84 Å². The lowest BCUT2D eigenvalue weighted by molar-refractivity contribution is -0.137. The van der Waals surface area contributed by atoms with Crippen LogP contribution in [0.4, 0.5) is 18.9 Å². The molecule has 1 aromatic carbocycles. The molecule has 6 heteroatoms. The first-order valence-corrected chi connectivity index (χ1v) is 3.32. The van der Waals surface area contributed by atoms with E-state index < -0.39 is 11.7 Å². The van der Waals surface area contributed by atoms with Crippen LogP contribution in [0.5, 0.6) is 0 Å². The number of rotatable bonds is 1. The third kappa shape index (κ3) is 2.43. The van der Waals surface area contributed by atoms with Crippen LogP contribution in [0, 0.1) is 0 Å². The first-order chi connectivity index (χ1) is 6.04. The summed E-state index contributed by atoms with van der Waals surface area (Å²) in [7, 11) is 0. The second-order valence-electron chi connectivity index (χ2n) is 2.26. The minimum Gasteiger partial charge on any atom is -0.305 e. The van der Waals surface area contributed by atoms with E-state index >= 15 is 0 Å². The monoisotopic (exact) mass is 189 g/mol. The van der Waals surface area contributed by atoms with Gasteiger partial charge in [-0.05, 0) is 24.3 Å². The van der Waals surface area contributed by atoms with Crippen LogP contribution in [0.15, 0.2) is 34.6 Å². The van der Waals surface area contributed by atoms with Gasteiger partial charge in [-0.1, -0.05) is 5.22 Å². The highest BCUT2D eigenvalue weighted by Gasteiger charge is 2.29. The number of nitrogens with two attached hydrogens (primary N) is 1. The maximum atomic E-state index is 12.0. The molecular weight excluding hydrogens is 183 g/mol. The van der Waals surface area contributed by atoms with Gasteiger partial charge in [0.15, 0.2) is 0 Å². The maximum absolute atomic E-state index is 12.0. The number of hydrogen-bond donors (Lipinski definition) is 1. The lowest BCUT2D eigenvalue weighted by Gasteiger charge is -2.05. The van der Waals surface area contributed by atoms with Crippen LogP contribution in [-0.2, 0) is 6.18 Å². The van der Waals surface area contributed by atoms with E-state index in [1.165, 1.54) is 12.1 Å². The van der Waals surface area contributed by atoms with Gasteiger partial charge < -0.3 is 5.84 Å². The fraction of sp³-hybridized carbons (Fsp3) is 0.143. The summed E-state index contributed by atoms with van der Waals surface area (Å²) in [6, 6.07) is 4.23. The van der Waals surface area contributed by atoms with Gasteiger partial charge >= 0.3 is 6.18 Å². The summed E-state index contributed by atoms with van der Waals surface area (Å²) < 4.78 is 36.1. The third-order valence-corrected chi connectivity index (χ3v) is 1.37. The molecule has 3 nitrogen and oxygen atoms in total. The summed E-state index contributed by atoms with van der Waals surface area (Å²) in [6.45, 7) is 0. The van der Waals surface area contributed by atoms with Crippen molar-refractivity contribution in [1.29, 1.82) is 0 Å². The van der Waals surface area contributed by atoms with Crippen LogP contribution in [-0.4, -0.2) is 0 Å². The van der Waals surface area contributed by atoms with Gasteiger partial charge in [0.1, 0.15) is 0 Å². The highest BCUT2D eigenvalue weighted by atomic mass is 19.4. The molecule has 2 N–H and O–H groups in total. The van der Waals surface area contributed by atoms with E-state index in [0.717, 1.165) is 12.1 Å². The average Bonchev–Trinajstić information content (AvgIpc) is 2.04. The maximum Gasteiger partial charge on any atom is 0.416 e. The molecule has 0 aromatic heterocycles. The molecule has 0 fully saturated rings. The van der Waals surface area contributed by atoms with Gasteiger partial charge in [0.05, 0.1) is 11.3 Å². The molecule has 13 heavy (non-hydrogen) atoms. The minimum absolute atomic E-state index is 0.288. The summed E-state index contributed by atoms with van der Waals surface area (Å²) in [5.74, 6) is 4.72. The Morgan fingerprint density at radius 2 is 1.62 bits per heavy atom. The standard InChI is InChI=1S/C7H6F3N3/c8-7(9,10)5-1-3-6(4-2-5)12-13-11/h1-4H,(H2,11,12). The number of benzene rings is 1. The number of hydrogen-bond acceptors (Lipinski definition) is 2. The molecular formula is C7H6F3N3. The Morgan fingerprint density at radius 1 is 1.08 bits per heavy atom. The van der Waals surface area contributed by atoms with Crippen LogP contribution >= 0.6 is 0 Å². The second-order valence-corrected chi connectivity index (χ2v) is 2.26. The smallest absolute Gasteiger partial charge is 0.305 e. The van der Waals surface area contributed by atoms with Crippen molar-refractivity contribution in [1.82, 2.24) is 0 Å². The zero-order chi connectivity index (χ0) is 9.90. The molecule has 0 bridgehead atoms. The largest absolute Gasteiger partial charge is 0.416 e. The first-order valence-electron chi connectivity index (χ1n) is 3.32. The minimum atomic E-state index is -4.32. The van der Waals surface area contributed by atoms with E-state index in [2.05, 4.69) is 10.3 Å². The van der Waals surface area contributed by atoms with Crippen LogP contribution in [0.1, 0.15) is 5.56 Å². The predicted octanol–water partition coefficient (Wildman–Crippen LogP) is 2.66. The molecule has 0 unspecified atom stereocenters. The van der Waals surface area contributed by atoms with E-state index in [0.29, 0.717) is 0 Å². The molecule has 0 saturated heterocycles. The Hall–Kier alpha value is -1.59. The summed E-state index contributed by atoms with van der Waals surface area (Å²) in [5, 5.41) is 6.31. The van der Waals surface area contributed by atoms with E-state index in [1.807, 2.05) is 0 Å². The fourth-order valence-electron chi connectivity index (χ4n) is 0.784. The number of alkyl halides is 3. The Morgan fingerprint density at radius 3 is 2.00 bits per heavy atom. The van der Waals surface area contributed by atoms with Crippen molar-refractivity contribution in [3.8, 4) is 0 Å². The molecule has 0 aliphatic heterocycles. The van der Waals surface area contributed by atoms with Gasteiger partial charge in [-0.2, -0.15) is 13.2 Å². The van der Waals surface area contributed by atoms with Crippen molar-refractivity contribution in [2.75, 3.05) is 0 Å². The molecule has 0 radical (unpaired) electrons. The van der Waals surface area contributed by atoms with Gasteiger partial charge in [0, 0.05) is 0 Å². The molecule has 0 aliphatic rings. The highest BCUT2D eigenvalue weighted by molar-refractivity contribution is 5.38. The molecule has 0 heterocycles. The van der Waals surface area contributed by atoms with E-state index in [-0.39, 0.29) is 5.69 Å². The Bertz CT molecular complexity index is 302.